The van der Waals surface area contributed by atoms with Crippen molar-refractivity contribution in [2.45, 2.75) is 4.90 Å². The molecule has 1 amide bonds. The Balaban J connectivity index is 2.14. The Morgan fingerprint density at radius 3 is 2.46 bits per heavy atom. The number of rotatable bonds is 7. The van der Waals surface area contributed by atoms with Gasteiger partial charge in [-0.05, 0) is 30.3 Å². The van der Waals surface area contributed by atoms with Crippen LogP contribution in [-0.2, 0) is 14.8 Å². The van der Waals surface area contributed by atoms with Gasteiger partial charge in [0.2, 0.25) is 10.0 Å². The van der Waals surface area contributed by atoms with Crippen molar-refractivity contribution >= 4 is 33.2 Å². The molecule has 2 aromatic rings. The quantitative estimate of drug-likeness (QED) is 0.774. The number of nitrogens with zero attached hydrogens (tertiary/aromatic N) is 1. The van der Waals surface area contributed by atoms with Gasteiger partial charge in [-0.1, -0.05) is 23.7 Å². The molecule has 2 aromatic carbocycles. The lowest BCUT2D eigenvalue weighted by Crippen LogP contribution is -2.24. The molecule has 26 heavy (non-hydrogen) atoms. The van der Waals surface area contributed by atoms with Crippen LogP contribution in [0.25, 0.3) is 0 Å². The molecule has 0 saturated carbocycles. The number of amides is 1. The molecule has 0 spiro atoms. The fourth-order valence-corrected chi connectivity index (χ4v) is 3.32. The molecule has 9 heteroatoms. The molecule has 0 aliphatic heterocycles. The van der Waals surface area contributed by atoms with E-state index in [-0.39, 0.29) is 17.3 Å². The molecule has 0 aromatic heterocycles. The van der Waals surface area contributed by atoms with Gasteiger partial charge in [-0.2, -0.15) is 0 Å². The van der Waals surface area contributed by atoms with E-state index in [0.717, 1.165) is 4.31 Å². The van der Waals surface area contributed by atoms with Gasteiger partial charge in [0, 0.05) is 19.8 Å². The van der Waals surface area contributed by atoms with Gasteiger partial charge in [-0.15, -0.1) is 0 Å². The van der Waals surface area contributed by atoms with Gasteiger partial charge in [-0.25, -0.2) is 12.7 Å². The molecule has 0 radical (unpaired) electrons. The summed E-state index contributed by atoms with van der Waals surface area (Å²) in [5.74, 6) is 0.113. The molecule has 0 heterocycles. The summed E-state index contributed by atoms with van der Waals surface area (Å²) in [5, 5.41) is 2.98. The molecular formula is C17H19ClN2O5S. The summed E-state index contributed by atoms with van der Waals surface area (Å²) in [5.41, 5.74) is 0.305. The lowest BCUT2D eigenvalue weighted by molar-refractivity contribution is -0.118. The predicted molar refractivity (Wildman–Crippen MR) is 99.4 cm³/mol. The average Bonchev–Trinajstić information content (AvgIpc) is 2.60. The molecule has 140 valence electrons. The zero-order valence-corrected chi connectivity index (χ0v) is 16.1. The number of para-hydroxylation sites is 1. The molecule has 2 rings (SSSR count). The monoisotopic (exact) mass is 398 g/mol. The standard InChI is InChI=1S/C17H19ClN2O5S/c1-20(2)26(22,23)16-10-12(8-9-15(16)24-3)19-17(21)11-25-14-7-5-4-6-13(14)18/h4-10H,11H2,1-3H3,(H,19,21). The normalized spacial score (nSPS) is 11.3. The van der Waals surface area contributed by atoms with Crippen LogP contribution in [0.5, 0.6) is 11.5 Å². The Kier molecular flexibility index (Phi) is 6.47. The first-order valence-corrected chi connectivity index (χ1v) is 9.35. The maximum atomic E-state index is 12.4. The minimum Gasteiger partial charge on any atom is -0.495 e. The number of benzene rings is 2. The Bertz CT molecular complexity index is 900. The first kappa shape index (κ1) is 20.0. The highest BCUT2D eigenvalue weighted by Crippen LogP contribution is 2.29. The van der Waals surface area contributed by atoms with Gasteiger partial charge >= 0.3 is 0 Å². The largest absolute Gasteiger partial charge is 0.495 e. The number of nitrogens with one attached hydrogen (secondary N) is 1. The lowest BCUT2D eigenvalue weighted by atomic mass is 10.3. The third-order valence-electron chi connectivity index (χ3n) is 3.40. The van der Waals surface area contributed by atoms with Gasteiger partial charge in [0.1, 0.15) is 16.4 Å². The smallest absolute Gasteiger partial charge is 0.262 e. The lowest BCUT2D eigenvalue weighted by Gasteiger charge is -2.16. The van der Waals surface area contributed by atoms with E-state index in [2.05, 4.69) is 5.32 Å². The van der Waals surface area contributed by atoms with Crippen molar-refractivity contribution in [1.29, 1.82) is 0 Å². The Labute approximate surface area is 157 Å². The summed E-state index contributed by atoms with van der Waals surface area (Å²) in [6.45, 7) is -0.272. The van der Waals surface area contributed by atoms with Crippen LogP contribution in [0.2, 0.25) is 5.02 Å². The third-order valence-corrected chi connectivity index (χ3v) is 5.55. The molecule has 0 aliphatic rings. The SMILES string of the molecule is COc1ccc(NC(=O)COc2ccccc2Cl)cc1S(=O)(=O)N(C)C. The van der Waals surface area contributed by atoms with Crippen LogP contribution in [0.15, 0.2) is 47.4 Å². The zero-order valence-electron chi connectivity index (χ0n) is 14.5. The highest BCUT2D eigenvalue weighted by molar-refractivity contribution is 7.89. The van der Waals surface area contributed by atoms with Crippen molar-refractivity contribution in [3.8, 4) is 11.5 Å². The molecule has 0 fully saturated rings. The van der Waals surface area contributed by atoms with Crippen molar-refractivity contribution in [2.24, 2.45) is 0 Å². The second kappa shape index (κ2) is 8.39. The summed E-state index contributed by atoms with van der Waals surface area (Å²) in [4.78, 5) is 12.0. The van der Waals surface area contributed by atoms with E-state index in [9.17, 15) is 13.2 Å². The van der Waals surface area contributed by atoms with Gasteiger partial charge in [-0.3, -0.25) is 4.79 Å². The van der Waals surface area contributed by atoms with Crippen LogP contribution >= 0.6 is 11.6 Å². The van der Waals surface area contributed by atoms with E-state index in [4.69, 9.17) is 21.1 Å². The number of ether oxygens (including phenoxy) is 2. The van der Waals surface area contributed by atoms with Crippen LogP contribution in [0.4, 0.5) is 5.69 Å². The number of halogens is 1. The number of sulfonamides is 1. The number of carbonyl (C=O) groups is 1. The summed E-state index contributed by atoms with van der Waals surface area (Å²) >= 11 is 5.96. The number of methoxy groups -OCH3 is 1. The number of anilines is 1. The highest BCUT2D eigenvalue weighted by atomic mass is 35.5. The Morgan fingerprint density at radius 2 is 1.85 bits per heavy atom. The zero-order chi connectivity index (χ0) is 19.3. The van der Waals surface area contributed by atoms with Crippen LogP contribution in [0.1, 0.15) is 0 Å². The topological polar surface area (TPSA) is 84.9 Å². The first-order chi connectivity index (χ1) is 12.3. The molecule has 7 nitrogen and oxygen atoms in total. The van der Waals surface area contributed by atoms with Crippen molar-refractivity contribution < 1.29 is 22.7 Å². The minimum atomic E-state index is -3.73. The van der Waals surface area contributed by atoms with Gasteiger partial charge in [0.05, 0.1) is 12.1 Å². The Morgan fingerprint density at radius 1 is 1.15 bits per heavy atom. The highest BCUT2D eigenvalue weighted by Gasteiger charge is 2.23. The minimum absolute atomic E-state index is 0.0465. The number of hydrogen-bond donors (Lipinski definition) is 1. The molecule has 0 bridgehead atoms. The summed E-state index contributed by atoms with van der Waals surface area (Å²) in [7, 11) is 0.473. The first-order valence-electron chi connectivity index (χ1n) is 7.53. The summed E-state index contributed by atoms with van der Waals surface area (Å²) in [6, 6.07) is 11.1. The maximum Gasteiger partial charge on any atom is 0.262 e. The van der Waals surface area contributed by atoms with Gasteiger partial charge < -0.3 is 14.8 Å². The van der Waals surface area contributed by atoms with Crippen LogP contribution in [0.3, 0.4) is 0 Å². The maximum absolute atomic E-state index is 12.4. The average molecular weight is 399 g/mol. The van der Waals surface area contributed by atoms with E-state index >= 15 is 0 Å². The molecule has 0 unspecified atom stereocenters. The van der Waals surface area contributed by atoms with Crippen molar-refractivity contribution in [2.75, 3.05) is 33.1 Å². The van der Waals surface area contributed by atoms with Crippen LogP contribution in [-0.4, -0.2) is 46.4 Å². The fraction of sp³-hybridized carbons (Fsp3) is 0.235. The number of carbonyl (C=O) groups excluding carboxylic acids is 1. The summed E-state index contributed by atoms with van der Waals surface area (Å²) in [6.07, 6.45) is 0. The van der Waals surface area contributed by atoms with Crippen molar-refractivity contribution in [3.63, 3.8) is 0 Å². The molecule has 1 N–H and O–H groups in total. The van der Waals surface area contributed by atoms with Gasteiger partial charge in [0.25, 0.3) is 5.91 Å². The molecule has 0 aliphatic carbocycles. The van der Waals surface area contributed by atoms with Crippen LogP contribution < -0.4 is 14.8 Å². The number of hydrogen-bond acceptors (Lipinski definition) is 5. The predicted octanol–water partition coefficient (Wildman–Crippen LogP) is 2.62. The van der Waals surface area contributed by atoms with E-state index < -0.39 is 15.9 Å². The third kappa shape index (κ3) is 4.66. The van der Waals surface area contributed by atoms with Crippen molar-refractivity contribution in [3.05, 3.63) is 47.5 Å². The second-order valence-electron chi connectivity index (χ2n) is 5.42. The van der Waals surface area contributed by atoms with E-state index in [1.54, 1.807) is 30.3 Å². The van der Waals surface area contributed by atoms with Crippen molar-refractivity contribution in [1.82, 2.24) is 4.31 Å². The molecule has 0 saturated heterocycles. The molecule has 0 atom stereocenters. The van der Waals surface area contributed by atoms with Gasteiger partial charge in [0.15, 0.2) is 6.61 Å². The summed E-state index contributed by atoms with van der Waals surface area (Å²) < 4.78 is 36.3. The van der Waals surface area contributed by atoms with E-state index in [1.165, 1.54) is 33.3 Å². The second-order valence-corrected chi connectivity index (χ2v) is 7.95. The van der Waals surface area contributed by atoms with E-state index in [0.29, 0.717) is 16.5 Å². The van der Waals surface area contributed by atoms with E-state index in [1.807, 2.05) is 0 Å². The molecular weight excluding hydrogens is 380 g/mol. The fourth-order valence-electron chi connectivity index (χ4n) is 2.05. The Hall–Kier alpha value is -2.29. The van der Waals surface area contributed by atoms with Crippen LogP contribution in [0, 0.1) is 0 Å².